The molecule has 0 atom stereocenters. The van der Waals surface area contributed by atoms with Crippen LogP contribution in [-0.4, -0.2) is 9.55 Å². The molecule has 1 fully saturated rings. The molecule has 0 saturated heterocycles. The molecular formula is C14H17ClN2S. The lowest BCUT2D eigenvalue weighted by atomic mass is 10.1. The summed E-state index contributed by atoms with van der Waals surface area (Å²) in [6.07, 6.45) is 7.78. The van der Waals surface area contributed by atoms with E-state index in [2.05, 4.69) is 15.6 Å². The van der Waals surface area contributed by atoms with Crippen molar-refractivity contribution in [2.75, 3.05) is 0 Å². The fraction of sp³-hybridized carbons (Fsp3) is 0.500. The van der Waals surface area contributed by atoms with Crippen LogP contribution in [0.3, 0.4) is 0 Å². The predicted octanol–water partition coefficient (Wildman–Crippen LogP) is 5.25. The molecule has 0 bridgehead atoms. The molecule has 2 nitrogen and oxygen atoms in total. The van der Waals surface area contributed by atoms with Crippen LogP contribution in [0.1, 0.15) is 44.6 Å². The van der Waals surface area contributed by atoms with E-state index in [1.54, 1.807) is 0 Å². The monoisotopic (exact) mass is 280 g/mol. The quantitative estimate of drug-likeness (QED) is 0.559. The first kappa shape index (κ1) is 12.2. The second-order valence-electron chi connectivity index (χ2n) is 5.08. The van der Waals surface area contributed by atoms with Crippen molar-refractivity contribution in [2.45, 2.75) is 44.6 Å². The standard InChI is InChI=1S/C14H17ClN2S/c15-11-8-5-9-12-13(11)16-14(18)17(12)10-6-3-1-2-4-7-10/h5,8-10H,1-4,6-7H2,(H,16,18). The van der Waals surface area contributed by atoms with E-state index < -0.39 is 0 Å². The number of fused-ring (bicyclic) bond motifs is 1. The minimum atomic E-state index is 0.534. The Bertz CT molecular complexity index is 606. The zero-order chi connectivity index (χ0) is 12.5. The van der Waals surface area contributed by atoms with Gasteiger partial charge < -0.3 is 9.55 Å². The van der Waals surface area contributed by atoms with Gasteiger partial charge in [0.2, 0.25) is 0 Å². The zero-order valence-electron chi connectivity index (χ0n) is 10.3. The number of aromatic amines is 1. The summed E-state index contributed by atoms with van der Waals surface area (Å²) in [5, 5.41) is 0.756. The molecule has 0 aliphatic heterocycles. The van der Waals surface area contributed by atoms with Crippen LogP contribution in [0.15, 0.2) is 18.2 Å². The highest BCUT2D eigenvalue weighted by Gasteiger charge is 2.18. The summed E-state index contributed by atoms with van der Waals surface area (Å²) in [7, 11) is 0. The van der Waals surface area contributed by atoms with Crippen LogP contribution < -0.4 is 0 Å². The highest BCUT2D eigenvalue weighted by molar-refractivity contribution is 7.71. The zero-order valence-corrected chi connectivity index (χ0v) is 11.9. The van der Waals surface area contributed by atoms with Gasteiger partial charge in [0.1, 0.15) is 0 Å². The normalized spacial score (nSPS) is 18.1. The van der Waals surface area contributed by atoms with Crippen molar-refractivity contribution in [3.8, 4) is 0 Å². The number of halogens is 1. The molecule has 2 aromatic rings. The predicted molar refractivity (Wildman–Crippen MR) is 78.9 cm³/mol. The van der Waals surface area contributed by atoms with Gasteiger partial charge in [-0.1, -0.05) is 43.4 Å². The summed E-state index contributed by atoms with van der Waals surface area (Å²) in [6.45, 7) is 0. The lowest BCUT2D eigenvalue weighted by molar-refractivity contribution is 0.450. The van der Waals surface area contributed by atoms with E-state index in [9.17, 15) is 0 Å². The third kappa shape index (κ3) is 2.10. The molecule has 1 aliphatic rings. The van der Waals surface area contributed by atoms with E-state index in [0.717, 1.165) is 20.8 Å². The smallest absolute Gasteiger partial charge is 0.178 e. The van der Waals surface area contributed by atoms with Gasteiger partial charge >= 0.3 is 0 Å². The number of nitrogens with zero attached hydrogens (tertiary/aromatic N) is 1. The number of hydrogen-bond acceptors (Lipinski definition) is 1. The van der Waals surface area contributed by atoms with Crippen LogP contribution in [-0.2, 0) is 0 Å². The van der Waals surface area contributed by atoms with Crippen LogP contribution >= 0.6 is 23.8 Å². The van der Waals surface area contributed by atoms with Crippen molar-refractivity contribution in [1.29, 1.82) is 0 Å². The van der Waals surface area contributed by atoms with Crippen molar-refractivity contribution >= 4 is 34.9 Å². The summed E-state index contributed by atoms with van der Waals surface area (Å²) in [5.74, 6) is 0. The second kappa shape index (κ2) is 5.06. The number of aromatic nitrogens is 2. The highest BCUT2D eigenvalue weighted by Crippen LogP contribution is 2.32. The Balaban J connectivity index is 2.13. The fourth-order valence-corrected chi connectivity index (χ4v) is 3.56. The van der Waals surface area contributed by atoms with Gasteiger partial charge in [-0.15, -0.1) is 0 Å². The highest BCUT2D eigenvalue weighted by atomic mass is 35.5. The third-order valence-electron chi connectivity index (χ3n) is 3.89. The van der Waals surface area contributed by atoms with Crippen LogP contribution in [0.2, 0.25) is 5.02 Å². The Labute approximate surface area is 117 Å². The number of benzene rings is 1. The van der Waals surface area contributed by atoms with Gasteiger partial charge in [-0.05, 0) is 37.2 Å². The van der Waals surface area contributed by atoms with Crippen molar-refractivity contribution in [3.63, 3.8) is 0 Å². The van der Waals surface area contributed by atoms with E-state index in [0.29, 0.717) is 6.04 Å². The Morgan fingerprint density at radius 1 is 1.17 bits per heavy atom. The average Bonchev–Trinajstić information content (AvgIpc) is 2.54. The average molecular weight is 281 g/mol. The Morgan fingerprint density at radius 2 is 1.89 bits per heavy atom. The molecule has 3 rings (SSSR count). The van der Waals surface area contributed by atoms with E-state index in [1.807, 2.05) is 12.1 Å². The first-order valence-electron chi connectivity index (χ1n) is 6.66. The summed E-state index contributed by atoms with van der Waals surface area (Å²) in [6, 6.07) is 6.55. The largest absolute Gasteiger partial charge is 0.329 e. The molecule has 1 saturated carbocycles. The van der Waals surface area contributed by atoms with Crippen LogP contribution in [0, 0.1) is 4.77 Å². The summed E-state index contributed by atoms with van der Waals surface area (Å²) in [4.78, 5) is 3.26. The van der Waals surface area contributed by atoms with E-state index in [1.165, 1.54) is 38.5 Å². The SMILES string of the molecule is S=c1[nH]c2c(Cl)cccc2n1C1CCCCCC1. The van der Waals surface area contributed by atoms with Crippen molar-refractivity contribution in [3.05, 3.63) is 28.0 Å². The molecule has 96 valence electrons. The van der Waals surface area contributed by atoms with E-state index in [-0.39, 0.29) is 0 Å². The lowest BCUT2D eigenvalue weighted by Crippen LogP contribution is -2.07. The number of hydrogen-bond donors (Lipinski definition) is 1. The molecular weight excluding hydrogens is 264 g/mol. The van der Waals surface area contributed by atoms with Gasteiger partial charge in [0.15, 0.2) is 4.77 Å². The summed E-state index contributed by atoms with van der Waals surface area (Å²) < 4.78 is 3.09. The maximum Gasteiger partial charge on any atom is 0.178 e. The molecule has 4 heteroatoms. The van der Waals surface area contributed by atoms with Gasteiger partial charge in [-0.25, -0.2) is 0 Å². The fourth-order valence-electron chi connectivity index (χ4n) is 2.99. The molecule has 1 aliphatic carbocycles. The minimum absolute atomic E-state index is 0.534. The molecule has 0 amide bonds. The minimum Gasteiger partial charge on any atom is -0.329 e. The number of nitrogens with one attached hydrogen (secondary N) is 1. The van der Waals surface area contributed by atoms with Crippen LogP contribution in [0.25, 0.3) is 11.0 Å². The maximum atomic E-state index is 6.22. The first-order chi connectivity index (χ1) is 8.77. The number of H-pyrrole nitrogens is 1. The Kier molecular flexibility index (Phi) is 3.44. The summed E-state index contributed by atoms with van der Waals surface area (Å²) in [5.41, 5.74) is 2.13. The maximum absolute atomic E-state index is 6.22. The van der Waals surface area contributed by atoms with E-state index >= 15 is 0 Å². The molecule has 1 heterocycles. The third-order valence-corrected chi connectivity index (χ3v) is 4.51. The molecule has 1 aromatic heterocycles. The van der Waals surface area contributed by atoms with Crippen molar-refractivity contribution in [2.24, 2.45) is 0 Å². The van der Waals surface area contributed by atoms with Crippen LogP contribution in [0.4, 0.5) is 0 Å². The summed E-state index contributed by atoms with van der Waals surface area (Å²) >= 11 is 11.7. The lowest BCUT2D eigenvalue weighted by Gasteiger charge is -2.17. The molecule has 1 N–H and O–H groups in total. The van der Waals surface area contributed by atoms with Gasteiger partial charge in [0.25, 0.3) is 0 Å². The first-order valence-corrected chi connectivity index (χ1v) is 7.45. The molecule has 18 heavy (non-hydrogen) atoms. The number of imidazole rings is 1. The van der Waals surface area contributed by atoms with E-state index in [4.69, 9.17) is 23.8 Å². The number of rotatable bonds is 1. The van der Waals surface area contributed by atoms with Gasteiger partial charge in [-0.3, -0.25) is 0 Å². The van der Waals surface area contributed by atoms with Crippen molar-refractivity contribution in [1.82, 2.24) is 9.55 Å². The van der Waals surface area contributed by atoms with Crippen molar-refractivity contribution < 1.29 is 0 Å². The topological polar surface area (TPSA) is 20.7 Å². The van der Waals surface area contributed by atoms with Gasteiger partial charge in [-0.2, -0.15) is 0 Å². The Hall–Kier alpha value is -0.800. The van der Waals surface area contributed by atoms with Gasteiger partial charge in [0.05, 0.1) is 16.1 Å². The molecule has 0 unspecified atom stereocenters. The molecule has 0 spiro atoms. The molecule has 1 aromatic carbocycles. The number of para-hydroxylation sites is 1. The second-order valence-corrected chi connectivity index (χ2v) is 5.87. The van der Waals surface area contributed by atoms with Gasteiger partial charge in [0, 0.05) is 6.04 Å². The molecule has 0 radical (unpaired) electrons. The Morgan fingerprint density at radius 3 is 2.61 bits per heavy atom. The van der Waals surface area contributed by atoms with Crippen LogP contribution in [0.5, 0.6) is 0 Å².